The maximum Gasteiger partial charge on any atom is 0.196 e. The first-order valence-corrected chi connectivity index (χ1v) is 6.29. The van der Waals surface area contributed by atoms with E-state index in [0.29, 0.717) is 23.4 Å². The highest BCUT2D eigenvalue weighted by Gasteiger charge is 2.28. The van der Waals surface area contributed by atoms with Crippen LogP contribution in [0, 0.1) is 0 Å². The van der Waals surface area contributed by atoms with Crippen LogP contribution in [0.1, 0.15) is 21.6 Å². The molecule has 0 atom stereocenters. The van der Waals surface area contributed by atoms with Crippen molar-refractivity contribution in [2.75, 3.05) is 0 Å². The molecule has 0 N–H and O–H groups in total. The first kappa shape index (κ1) is 11.0. The topological polar surface area (TPSA) is 60.7 Å². The smallest absolute Gasteiger partial charge is 0.196 e. The highest BCUT2D eigenvalue weighted by atomic mass is 16.1. The van der Waals surface area contributed by atoms with Crippen LogP contribution in [0.3, 0.4) is 0 Å². The van der Waals surface area contributed by atoms with Crippen molar-refractivity contribution in [1.29, 1.82) is 0 Å². The van der Waals surface area contributed by atoms with Crippen molar-refractivity contribution in [3.8, 4) is 11.3 Å². The van der Waals surface area contributed by atoms with E-state index in [9.17, 15) is 4.79 Å². The number of rotatable bonds is 2. The molecule has 5 nitrogen and oxygen atoms in total. The summed E-state index contributed by atoms with van der Waals surface area (Å²) in [5, 5.41) is 8.43. The Balaban J connectivity index is 1.78. The molecule has 96 valence electrons. The van der Waals surface area contributed by atoms with Gasteiger partial charge >= 0.3 is 0 Å². The summed E-state index contributed by atoms with van der Waals surface area (Å²) in [6.07, 6.45) is 5.28. The van der Waals surface area contributed by atoms with Gasteiger partial charge < -0.3 is 4.57 Å². The normalized spacial score (nSPS) is 12.3. The van der Waals surface area contributed by atoms with E-state index < -0.39 is 0 Å². The number of imidazole rings is 1. The van der Waals surface area contributed by atoms with Gasteiger partial charge in [-0.2, -0.15) is 5.10 Å². The number of aromatic nitrogens is 4. The van der Waals surface area contributed by atoms with Crippen LogP contribution in [0.15, 0.2) is 49.1 Å². The lowest BCUT2D eigenvalue weighted by atomic mass is 10.1. The number of fused-ring (bicyclic) bond motifs is 3. The average molecular weight is 262 g/mol. The van der Waals surface area contributed by atoms with Crippen LogP contribution in [0.5, 0.6) is 0 Å². The monoisotopic (exact) mass is 262 g/mol. The Hall–Kier alpha value is -2.82. The molecule has 5 heteroatoms. The minimum atomic E-state index is 0.0254. The molecule has 0 bridgehead atoms. The molecule has 0 aliphatic heterocycles. The lowest BCUT2D eigenvalue weighted by Crippen LogP contribution is -2.04. The molecular weight excluding hydrogens is 252 g/mol. The molecule has 0 fully saturated rings. The second-order valence-electron chi connectivity index (χ2n) is 4.71. The van der Waals surface area contributed by atoms with Gasteiger partial charge in [0.05, 0.1) is 24.1 Å². The molecule has 2 aromatic heterocycles. The molecule has 3 aromatic rings. The fourth-order valence-electron chi connectivity index (χ4n) is 2.48. The van der Waals surface area contributed by atoms with Crippen LogP contribution in [0.4, 0.5) is 0 Å². The molecule has 0 unspecified atom stereocenters. The number of benzene rings is 1. The summed E-state index contributed by atoms with van der Waals surface area (Å²) in [7, 11) is 0. The summed E-state index contributed by atoms with van der Waals surface area (Å²) in [5.41, 5.74) is 3.64. The molecule has 2 heterocycles. The average Bonchev–Trinajstić information content (AvgIpc) is 3.08. The molecule has 0 saturated heterocycles. The SMILES string of the molecule is O=C1c2ccccc2-c2nnc(Cn3ccnc3)cc21. The predicted molar refractivity (Wildman–Crippen MR) is 72.2 cm³/mol. The van der Waals surface area contributed by atoms with Crippen molar-refractivity contribution >= 4 is 5.78 Å². The van der Waals surface area contributed by atoms with Crippen LogP contribution < -0.4 is 0 Å². The van der Waals surface area contributed by atoms with E-state index in [1.807, 2.05) is 41.1 Å². The van der Waals surface area contributed by atoms with Crippen molar-refractivity contribution in [3.63, 3.8) is 0 Å². The Morgan fingerprint density at radius 2 is 1.90 bits per heavy atom. The highest BCUT2D eigenvalue weighted by Crippen LogP contribution is 2.34. The van der Waals surface area contributed by atoms with Gasteiger partial charge in [0.1, 0.15) is 5.69 Å². The summed E-state index contributed by atoms with van der Waals surface area (Å²) in [4.78, 5) is 16.3. The summed E-state index contributed by atoms with van der Waals surface area (Å²) in [6, 6.07) is 9.33. The van der Waals surface area contributed by atoms with Crippen LogP contribution in [-0.2, 0) is 6.54 Å². The van der Waals surface area contributed by atoms with Gasteiger partial charge in [0.15, 0.2) is 5.78 Å². The van der Waals surface area contributed by atoms with Crippen LogP contribution in [-0.4, -0.2) is 25.5 Å². The molecular formula is C15H10N4O. The predicted octanol–water partition coefficient (Wildman–Crippen LogP) is 1.93. The summed E-state index contributed by atoms with van der Waals surface area (Å²) in [6.45, 7) is 0.559. The maximum absolute atomic E-state index is 12.4. The summed E-state index contributed by atoms with van der Waals surface area (Å²) >= 11 is 0. The number of hydrogen-bond donors (Lipinski definition) is 0. The zero-order valence-electron chi connectivity index (χ0n) is 10.5. The van der Waals surface area contributed by atoms with Gasteiger partial charge in [-0.05, 0) is 6.07 Å². The van der Waals surface area contributed by atoms with E-state index >= 15 is 0 Å². The quantitative estimate of drug-likeness (QED) is 0.554. The molecule has 20 heavy (non-hydrogen) atoms. The molecule has 1 aromatic carbocycles. The lowest BCUT2D eigenvalue weighted by molar-refractivity contribution is 0.104. The molecule has 0 spiro atoms. The van der Waals surface area contributed by atoms with Crippen LogP contribution in [0.2, 0.25) is 0 Å². The van der Waals surface area contributed by atoms with E-state index in [4.69, 9.17) is 0 Å². The van der Waals surface area contributed by atoms with E-state index in [1.165, 1.54) is 0 Å². The van der Waals surface area contributed by atoms with Gasteiger partial charge in [-0.25, -0.2) is 4.98 Å². The first-order chi connectivity index (χ1) is 9.83. The van der Waals surface area contributed by atoms with Crippen molar-refractivity contribution in [3.05, 3.63) is 65.9 Å². The summed E-state index contributed by atoms with van der Waals surface area (Å²) < 4.78 is 1.89. The largest absolute Gasteiger partial charge is 0.331 e. The second kappa shape index (κ2) is 4.09. The Labute approximate surface area is 114 Å². The molecule has 0 radical (unpaired) electrons. The number of hydrogen-bond acceptors (Lipinski definition) is 4. The van der Waals surface area contributed by atoms with Crippen molar-refractivity contribution in [2.45, 2.75) is 6.54 Å². The highest BCUT2D eigenvalue weighted by molar-refractivity contribution is 6.20. The lowest BCUT2D eigenvalue weighted by Gasteiger charge is -2.03. The molecule has 0 saturated carbocycles. The van der Waals surface area contributed by atoms with Crippen LogP contribution in [0.25, 0.3) is 11.3 Å². The van der Waals surface area contributed by atoms with Gasteiger partial charge in [0.25, 0.3) is 0 Å². The third kappa shape index (κ3) is 1.56. The zero-order valence-corrected chi connectivity index (χ0v) is 10.5. The fourth-order valence-corrected chi connectivity index (χ4v) is 2.48. The third-order valence-corrected chi connectivity index (χ3v) is 3.42. The Morgan fingerprint density at radius 3 is 2.70 bits per heavy atom. The van der Waals surface area contributed by atoms with E-state index in [1.54, 1.807) is 12.5 Å². The summed E-state index contributed by atoms with van der Waals surface area (Å²) in [5.74, 6) is 0.0254. The number of carbonyl (C=O) groups excluding carboxylic acids is 1. The minimum absolute atomic E-state index is 0.0254. The van der Waals surface area contributed by atoms with E-state index in [-0.39, 0.29) is 5.78 Å². The Kier molecular flexibility index (Phi) is 2.26. The number of carbonyl (C=O) groups is 1. The number of nitrogens with zero attached hydrogens (tertiary/aromatic N) is 4. The zero-order chi connectivity index (χ0) is 13.5. The minimum Gasteiger partial charge on any atom is -0.331 e. The third-order valence-electron chi connectivity index (χ3n) is 3.42. The van der Waals surface area contributed by atoms with Crippen LogP contribution >= 0.6 is 0 Å². The molecule has 1 aliphatic rings. The van der Waals surface area contributed by atoms with Gasteiger partial charge in [-0.1, -0.05) is 24.3 Å². The second-order valence-corrected chi connectivity index (χ2v) is 4.71. The molecule has 0 amide bonds. The van der Waals surface area contributed by atoms with Crippen molar-refractivity contribution < 1.29 is 4.79 Å². The van der Waals surface area contributed by atoms with E-state index in [2.05, 4.69) is 15.2 Å². The van der Waals surface area contributed by atoms with Gasteiger partial charge in [-0.15, -0.1) is 5.10 Å². The maximum atomic E-state index is 12.4. The fraction of sp³-hybridized carbons (Fsp3) is 0.0667. The number of ketones is 1. The molecule has 4 rings (SSSR count). The Bertz CT molecular complexity index is 809. The van der Waals surface area contributed by atoms with Crippen molar-refractivity contribution in [1.82, 2.24) is 19.7 Å². The van der Waals surface area contributed by atoms with Gasteiger partial charge in [0.2, 0.25) is 0 Å². The molecule has 1 aliphatic carbocycles. The Morgan fingerprint density at radius 1 is 1.05 bits per heavy atom. The first-order valence-electron chi connectivity index (χ1n) is 6.29. The van der Waals surface area contributed by atoms with E-state index in [0.717, 1.165) is 11.3 Å². The van der Waals surface area contributed by atoms with Gasteiger partial charge in [-0.3, -0.25) is 4.79 Å². The van der Waals surface area contributed by atoms with Gasteiger partial charge in [0, 0.05) is 23.5 Å². The standard InChI is InChI=1S/C15H10N4O/c20-15-12-4-2-1-3-11(12)14-13(15)7-10(17-18-14)8-19-6-5-16-9-19/h1-7,9H,8H2. The van der Waals surface area contributed by atoms with Crippen molar-refractivity contribution in [2.24, 2.45) is 0 Å².